The lowest BCUT2D eigenvalue weighted by atomic mass is 9.31. The van der Waals surface area contributed by atoms with Crippen LogP contribution in [0.15, 0.2) is 24.3 Å². The maximum Gasteiger partial charge on any atom is 0.311 e. The summed E-state index contributed by atoms with van der Waals surface area (Å²) in [6.07, 6.45) is 13.5. The maximum atomic E-state index is 13.9. The molecule has 8 aliphatic carbocycles. The molecular weight excluding hydrogens is 426 g/mol. The molecule has 0 aromatic heterocycles. The molecular formula is C29H37NO4. The Bertz CT molecular complexity index is 1030. The topological polar surface area (TPSA) is 75.6 Å². The fourth-order valence-electron chi connectivity index (χ4n) is 11.3. The summed E-state index contributed by atoms with van der Waals surface area (Å²) in [5, 5.41) is 13.4. The molecule has 9 rings (SSSR count). The predicted molar refractivity (Wildman–Crippen MR) is 128 cm³/mol. The van der Waals surface area contributed by atoms with Crippen LogP contribution in [0.1, 0.15) is 77.0 Å². The van der Waals surface area contributed by atoms with Gasteiger partial charge < -0.3 is 15.2 Å². The predicted octanol–water partition coefficient (Wildman–Crippen LogP) is 5.68. The Morgan fingerprint density at radius 3 is 1.85 bits per heavy atom. The Kier molecular flexibility index (Phi) is 4.25. The number of ether oxygens (including phenoxy) is 1. The molecule has 1 aromatic carbocycles. The largest absolute Gasteiger partial charge is 0.506 e. The first-order valence-electron chi connectivity index (χ1n) is 13.5. The average Bonchev–Trinajstić information content (AvgIpc) is 2.78. The van der Waals surface area contributed by atoms with Crippen molar-refractivity contribution in [1.29, 1.82) is 0 Å². The molecule has 0 saturated heterocycles. The number of esters is 1. The molecule has 182 valence electrons. The number of hydrogen-bond acceptors (Lipinski definition) is 4. The number of para-hydroxylation sites is 2. The number of hydrogen-bond donors (Lipinski definition) is 2. The molecule has 5 nitrogen and oxygen atoms in total. The standard InChI is InChI=1S/C29H37NO4/c1-34-25(33)27-10-20-7-21(11-27)15-29(14-20,17-27)28-12-18-6-19(13-28)9-26(8-18,16-28)24(32)30-22-4-2-3-5-23(22)31/h2-5,18-21,31H,6-17H2,1H3,(H,30,32). The van der Waals surface area contributed by atoms with Gasteiger partial charge >= 0.3 is 5.97 Å². The molecule has 5 heteroatoms. The minimum Gasteiger partial charge on any atom is -0.506 e. The molecule has 0 heterocycles. The molecule has 8 fully saturated rings. The van der Waals surface area contributed by atoms with Crippen LogP contribution in [-0.2, 0) is 14.3 Å². The summed E-state index contributed by atoms with van der Waals surface area (Å²) >= 11 is 0. The van der Waals surface area contributed by atoms with Crippen LogP contribution in [0.25, 0.3) is 0 Å². The van der Waals surface area contributed by atoms with Crippen LogP contribution in [0.3, 0.4) is 0 Å². The van der Waals surface area contributed by atoms with Crippen molar-refractivity contribution in [2.75, 3.05) is 12.4 Å². The van der Waals surface area contributed by atoms with E-state index in [2.05, 4.69) is 5.32 Å². The highest BCUT2D eigenvalue weighted by atomic mass is 16.5. The van der Waals surface area contributed by atoms with Gasteiger partial charge in [-0.05, 0) is 124 Å². The van der Waals surface area contributed by atoms with Crippen molar-refractivity contribution in [3.8, 4) is 5.75 Å². The Morgan fingerprint density at radius 1 is 0.824 bits per heavy atom. The summed E-state index contributed by atoms with van der Waals surface area (Å²) in [5.41, 5.74) is 0.256. The van der Waals surface area contributed by atoms with Crippen LogP contribution >= 0.6 is 0 Å². The Labute approximate surface area is 202 Å². The van der Waals surface area contributed by atoms with Gasteiger partial charge in [0.05, 0.1) is 23.6 Å². The van der Waals surface area contributed by atoms with E-state index in [1.54, 1.807) is 25.3 Å². The quantitative estimate of drug-likeness (QED) is 0.445. The third kappa shape index (κ3) is 2.73. The number of rotatable bonds is 4. The van der Waals surface area contributed by atoms with E-state index in [0.29, 0.717) is 29.4 Å². The summed E-state index contributed by atoms with van der Waals surface area (Å²) in [7, 11) is 1.57. The molecule has 8 bridgehead atoms. The zero-order valence-electron chi connectivity index (χ0n) is 20.3. The van der Waals surface area contributed by atoms with Crippen LogP contribution in [0.2, 0.25) is 0 Å². The van der Waals surface area contributed by atoms with Crippen molar-refractivity contribution < 1.29 is 19.4 Å². The molecule has 1 amide bonds. The van der Waals surface area contributed by atoms with Crippen LogP contribution < -0.4 is 5.32 Å². The molecule has 34 heavy (non-hydrogen) atoms. The molecule has 8 aliphatic rings. The van der Waals surface area contributed by atoms with E-state index in [-0.39, 0.29) is 39.3 Å². The van der Waals surface area contributed by atoms with E-state index in [9.17, 15) is 14.7 Å². The lowest BCUT2D eigenvalue weighted by Gasteiger charge is -2.73. The average molecular weight is 464 g/mol. The molecule has 1 aromatic rings. The second kappa shape index (κ2) is 6.79. The summed E-state index contributed by atoms with van der Waals surface area (Å²) in [6.45, 7) is 0. The molecule has 0 radical (unpaired) electrons. The Hall–Kier alpha value is -2.04. The molecule has 2 N–H and O–H groups in total. The highest BCUT2D eigenvalue weighted by molar-refractivity contribution is 5.97. The fourth-order valence-corrected chi connectivity index (χ4v) is 11.3. The second-order valence-electron chi connectivity index (χ2n) is 13.5. The van der Waals surface area contributed by atoms with Gasteiger partial charge in [-0.1, -0.05) is 12.1 Å². The molecule has 0 aliphatic heterocycles. The van der Waals surface area contributed by atoms with E-state index in [0.717, 1.165) is 38.5 Å². The number of phenols is 1. The zero-order chi connectivity index (χ0) is 23.3. The Morgan fingerprint density at radius 2 is 1.32 bits per heavy atom. The number of carbonyl (C=O) groups is 2. The molecule has 4 unspecified atom stereocenters. The monoisotopic (exact) mass is 463 g/mol. The smallest absolute Gasteiger partial charge is 0.311 e. The number of anilines is 1. The summed E-state index contributed by atoms with van der Waals surface area (Å²) in [4.78, 5) is 27.0. The van der Waals surface area contributed by atoms with Gasteiger partial charge in [0.25, 0.3) is 0 Å². The van der Waals surface area contributed by atoms with Gasteiger partial charge in [0.15, 0.2) is 0 Å². The van der Waals surface area contributed by atoms with E-state index < -0.39 is 0 Å². The van der Waals surface area contributed by atoms with Crippen molar-refractivity contribution in [2.45, 2.75) is 77.0 Å². The van der Waals surface area contributed by atoms with Crippen LogP contribution in [0.5, 0.6) is 5.75 Å². The molecule has 8 saturated carbocycles. The first kappa shape index (κ1) is 21.3. The fraction of sp³-hybridized carbons (Fsp3) is 0.724. The number of nitrogens with one attached hydrogen (secondary N) is 1. The minimum absolute atomic E-state index is 0.0303. The number of methoxy groups -OCH3 is 1. The number of carbonyl (C=O) groups excluding carboxylic acids is 2. The van der Waals surface area contributed by atoms with Gasteiger partial charge in [0.1, 0.15) is 5.75 Å². The maximum absolute atomic E-state index is 13.9. The van der Waals surface area contributed by atoms with Gasteiger partial charge in [-0.2, -0.15) is 0 Å². The van der Waals surface area contributed by atoms with Crippen molar-refractivity contribution in [3.05, 3.63) is 24.3 Å². The number of aromatic hydroxyl groups is 1. The van der Waals surface area contributed by atoms with E-state index >= 15 is 0 Å². The summed E-state index contributed by atoms with van der Waals surface area (Å²) < 4.78 is 5.41. The second-order valence-corrected chi connectivity index (χ2v) is 13.5. The van der Waals surface area contributed by atoms with Crippen LogP contribution in [0, 0.1) is 45.3 Å². The van der Waals surface area contributed by atoms with E-state index in [4.69, 9.17) is 4.74 Å². The van der Waals surface area contributed by atoms with E-state index in [1.807, 2.05) is 6.07 Å². The van der Waals surface area contributed by atoms with Crippen molar-refractivity contribution in [3.63, 3.8) is 0 Å². The lowest BCUT2D eigenvalue weighted by Crippen LogP contribution is -2.66. The highest BCUT2D eigenvalue weighted by Gasteiger charge is 2.72. The van der Waals surface area contributed by atoms with Crippen LogP contribution in [0.4, 0.5) is 5.69 Å². The lowest BCUT2D eigenvalue weighted by molar-refractivity contribution is -0.238. The SMILES string of the molecule is COC(=O)C12CC3CC(C1)CC(C14CC5CC(CC(C(=O)Nc6ccccc6O)(C5)C1)C4)(C3)C2. The minimum atomic E-state index is -0.339. The normalized spacial score (nSPS) is 47.6. The highest BCUT2D eigenvalue weighted by Crippen LogP contribution is 2.78. The molecule has 0 spiro atoms. The van der Waals surface area contributed by atoms with Crippen molar-refractivity contribution in [2.24, 2.45) is 45.3 Å². The first-order valence-corrected chi connectivity index (χ1v) is 13.5. The Balaban J connectivity index is 1.26. The van der Waals surface area contributed by atoms with Gasteiger partial charge in [-0.15, -0.1) is 0 Å². The third-order valence-corrected chi connectivity index (χ3v) is 11.5. The third-order valence-electron chi connectivity index (χ3n) is 11.5. The number of benzene rings is 1. The van der Waals surface area contributed by atoms with Gasteiger partial charge in [-0.3, -0.25) is 9.59 Å². The van der Waals surface area contributed by atoms with Gasteiger partial charge in [0, 0.05) is 0 Å². The van der Waals surface area contributed by atoms with Gasteiger partial charge in [0.2, 0.25) is 5.91 Å². The van der Waals surface area contributed by atoms with E-state index in [1.165, 1.54) is 38.5 Å². The summed E-state index contributed by atoms with van der Waals surface area (Å²) in [6, 6.07) is 7.08. The first-order chi connectivity index (χ1) is 16.3. The van der Waals surface area contributed by atoms with Gasteiger partial charge in [-0.25, -0.2) is 0 Å². The summed E-state index contributed by atoms with van der Waals surface area (Å²) in [5.74, 6) is 2.77. The number of phenolic OH excluding ortho intramolecular Hbond substituents is 1. The molecule has 4 atom stereocenters. The van der Waals surface area contributed by atoms with Crippen molar-refractivity contribution in [1.82, 2.24) is 0 Å². The van der Waals surface area contributed by atoms with Crippen molar-refractivity contribution >= 4 is 17.6 Å². The van der Waals surface area contributed by atoms with Crippen LogP contribution in [-0.4, -0.2) is 24.1 Å². The number of amides is 1. The zero-order valence-corrected chi connectivity index (χ0v) is 20.3.